The quantitative estimate of drug-likeness (QED) is 0.684. The second-order valence-corrected chi connectivity index (χ2v) is 4.18. The van der Waals surface area contributed by atoms with Crippen molar-refractivity contribution in [2.24, 2.45) is 0 Å². The van der Waals surface area contributed by atoms with Crippen molar-refractivity contribution in [3.05, 3.63) is 17.8 Å². The van der Waals surface area contributed by atoms with Crippen LogP contribution in [0.15, 0.2) is 12.1 Å². The van der Waals surface area contributed by atoms with Crippen LogP contribution in [-0.2, 0) is 0 Å². The topological polar surface area (TPSA) is 72.3 Å². The molecule has 0 unspecified atom stereocenters. The van der Waals surface area contributed by atoms with Crippen LogP contribution in [0, 0.1) is 0 Å². The summed E-state index contributed by atoms with van der Waals surface area (Å²) in [6.45, 7) is 2.80. The van der Waals surface area contributed by atoms with Crippen LogP contribution in [0.25, 0.3) is 0 Å². The van der Waals surface area contributed by atoms with Crippen LogP contribution >= 0.6 is 0 Å². The SMILES string of the molecule is CCCCCCCCOc1ccc(C(=O)O)nn1. The van der Waals surface area contributed by atoms with E-state index < -0.39 is 5.97 Å². The zero-order valence-electron chi connectivity index (χ0n) is 10.8. The summed E-state index contributed by atoms with van der Waals surface area (Å²) in [6.07, 6.45) is 7.21. The van der Waals surface area contributed by atoms with Crippen molar-refractivity contribution in [1.29, 1.82) is 0 Å². The maximum Gasteiger partial charge on any atom is 0.356 e. The second kappa shape index (κ2) is 8.44. The van der Waals surface area contributed by atoms with Crippen molar-refractivity contribution in [2.75, 3.05) is 6.61 Å². The molecule has 0 fully saturated rings. The zero-order valence-corrected chi connectivity index (χ0v) is 10.8. The van der Waals surface area contributed by atoms with E-state index in [9.17, 15) is 4.79 Å². The number of hydrogen-bond acceptors (Lipinski definition) is 4. The maximum atomic E-state index is 10.6. The molecule has 0 spiro atoms. The van der Waals surface area contributed by atoms with Gasteiger partial charge in [0.05, 0.1) is 6.61 Å². The lowest BCUT2D eigenvalue weighted by atomic mass is 10.1. The Bertz CT molecular complexity index is 352. The van der Waals surface area contributed by atoms with Crippen molar-refractivity contribution in [3.8, 4) is 5.88 Å². The molecule has 5 nitrogen and oxygen atoms in total. The van der Waals surface area contributed by atoms with Gasteiger partial charge in [0.1, 0.15) is 0 Å². The standard InChI is InChI=1S/C13H20N2O3/c1-2-3-4-5-6-7-10-18-12-9-8-11(13(16)17)14-15-12/h8-9H,2-7,10H2,1H3,(H,16,17). The van der Waals surface area contributed by atoms with Crippen LogP contribution in [0.3, 0.4) is 0 Å². The predicted octanol–water partition coefficient (Wildman–Crippen LogP) is 2.91. The lowest BCUT2D eigenvalue weighted by Gasteiger charge is -2.04. The molecule has 5 heteroatoms. The normalized spacial score (nSPS) is 10.3. The van der Waals surface area contributed by atoms with Gasteiger partial charge < -0.3 is 9.84 Å². The van der Waals surface area contributed by atoms with E-state index in [-0.39, 0.29) is 5.69 Å². The van der Waals surface area contributed by atoms with E-state index in [0.29, 0.717) is 12.5 Å². The molecule has 0 atom stereocenters. The van der Waals surface area contributed by atoms with Gasteiger partial charge >= 0.3 is 5.97 Å². The number of aromatic nitrogens is 2. The smallest absolute Gasteiger partial charge is 0.356 e. The molecule has 0 amide bonds. The van der Waals surface area contributed by atoms with Gasteiger partial charge in [0, 0.05) is 6.07 Å². The molecule has 0 aliphatic rings. The fraction of sp³-hybridized carbons (Fsp3) is 0.615. The third kappa shape index (κ3) is 5.61. The fourth-order valence-electron chi connectivity index (χ4n) is 1.57. The highest BCUT2D eigenvalue weighted by Gasteiger charge is 2.05. The predicted molar refractivity (Wildman–Crippen MR) is 67.9 cm³/mol. The molecular weight excluding hydrogens is 232 g/mol. The molecule has 1 aromatic heterocycles. The van der Waals surface area contributed by atoms with E-state index in [1.54, 1.807) is 0 Å². The molecular formula is C13H20N2O3. The molecule has 0 aliphatic heterocycles. The Kier molecular flexibility index (Phi) is 6.76. The van der Waals surface area contributed by atoms with Gasteiger partial charge in [-0.1, -0.05) is 39.0 Å². The average molecular weight is 252 g/mol. The molecule has 1 N–H and O–H groups in total. The molecule has 1 rings (SSSR count). The monoisotopic (exact) mass is 252 g/mol. The minimum absolute atomic E-state index is 0.0677. The van der Waals surface area contributed by atoms with Crippen molar-refractivity contribution < 1.29 is 14.6 Å². The van der Waals surface area contributed by atoms with Gasteiger partial charge in [0.2, 0.25) is 5.88 Å². The Morgan fingerprint density at radius 3 is 2.50 bits per heavy atom. The highest BCUT2D eigenvalue weighted by molar-refractivity contribution is 5.84. The largest absolute Gasteiger partial charge is 0.477 e. The highest BCUT2D eigenvalue weighted by atomic mass is 16.5. The molecule has 0 saturated heterocycles. The van der Waals surface area contributed by atoms with Crippen LogP contribution in [0.2, 0.25) is 0 Å². The first-order valence-corrected chi connectivity index (χ1v) is 6.44. The molecule has 0 saturated carbocycles. The number of carboxylic acids is 1. The van der Waals surface area contributed by atoms with Gasteiger partial charge in [0.15, 0.2) is 5.69 Å². The zero-order chi connectivity index (χ0) is 13.2. The molecule has 100 valence electrons. The number of hydrogen-bond donors (Lipinski definition) is 1. The molecule has 1 aromatic rings. The summed E-state index contributed by atoms with van der Waals surface area (Å²) in [5.41, 5.74) is -0.0677. The average Bonchev–Trinajstić information content (AvgIpc) is 2.38. The molecule has 0 aliphatic carbocycles. The molecule has 18 heavy (non-hydrogen) atoms. The molecule has 1 heterocycles. The van der Waals surface area contributed by atoms with Crippen LogP contribution in [0.1, 0.15) is 55.9 Å². The van der Waals surface area contributed by atoms with Gasteiger partial charge in [0.25, 0.3) is 0 Å². The van der Waals surface area contributed by atoms with E-state index in [0.717, 1.165) is 12.8 Å². The van der Waals surface area contributed by atoms with E-state index in [1.165, 1.54) is 37.8 Å². The van der Waals surface area contributed by atoms with Crippen molar-refractivity contribution in [1.82, 2.24) is 10.2 Å². The fourth-order valence-corrected chi connectivity index (χ4v) is 1.57. The minimum atomic E-state index is -1.08. The summed E-state index contributed by atoms with van der Waals surface area (Å²) in [5.74, 6) is -0.696. The van der Waals surface area contributed by atoms with Crippen LogP contribution in [0.4, 0.5) is 0 Å². The van der Waals surface area contributed by atoms with Crippen LogP contribution < -0.4 is 4.74 Å². The first kappa shape index (κ1) is 14.4. The summed E-state index contributed by atoms with van der Waals surface area (Å²) < 4.78 is 5.38. The number of nitrogens with zero attached hydrogens (tertiary/aromatic N) is 2. The number of rotatable bonds is 9. The summed E-state index contributed by atoms with van der Waals surface area (Å²) >= 11 is 0. The Labute approximate surface area is 107 Å². The Balaban J connectivity index is 2.14. The summed E-state index contributed by atoms with van der Waals surface area (Å²) in [6, 6.07) is 2.93. The van der Waals surface area contributed by atoms with E-state index in [4.69, 9.17) is 9.84 Å². The number of carbonyl (C=O) groups is 1. The Morgan fingerprint density at radius 2 is 1.89 bits per heavy atom. The van der Waals surface area contributed by atoms with Gasteiger partial charge in [-0.25, -0.2) is 4.79 Å². The highest BCUT2D eigenvalue weighted by Crippen LogP contribution is 2.08. The van der Waals surface area contributed by atoms with E-state index in [1.807, 2.05) is 0 Å². The van der Waals surface area contributed by atoms with E-state index in [2.05, 4.69) is 17.1 Å². The Morgan fingerprint density at radius 1 is 1.17 bits per heavy atom. The van der Waals surface area contributed by atoms with Crippen molar-refractivity contribution in [3.63, 3.8) is 0 Å². The maximum absolute atomic E-state index is 10.6. The van der Waals surface area contributed by atoms with Gasteiger partial charge in [-0.3, -0.25) is 0 Å². The van der Waals surface area contributed by atoms with Gasteiger partial charge in [-0.15, -0.1) is 10.2 Å². The van der Waals surface area contributed by atoms with Gasteiger partial charge in [-0.2, -0.15) is 0 Å². The summed E-state index contributed by atoms with van der Waals surface area (Å²) in [7, 11) is 0. The number of aromatic carboxylic acids is 1. The minimum Gasteiger partial charge on any atom is -0.477 e. The van der Waals surface area contributed by atoms with Crippen molar-refractivity contribution in [2.45, 2.75) is 45.4 Å². The number of unbranched alkanes of at least 4 members (excludes halogenated alkanes) is 5. The van der Waals surface area contributed by atoms with Crippen LogP contribution in [0.5, 0.6) is 5.88 Å². The third-order valence-corrected chi connectivity index (χ3v) is 2.61. The van der Waals surface area contributed by atoms with Crippen molar-refractivity contribution >= 4 is 5.97 Å². The van der Waals surface area contributed by atoms with Crippen LogP contribution in [-0.4, -0.2) is 27.9 Å². The molecule has 0 bridgehead atoms. The lowest BCUT2D eigenvalue weighted by Crippen LogP contribution is -2.04. The third-order valence-electron chi connectivity index (χ3n) is 2.61. The molecule has 0 aromatic carbocycles. The number of carboxylic acid groups (broad SMARTS) is 1. The molecule has 0 radical (unpaired) electrons. The lowest BCUT2D eigenvalue weighted by molar-refractivity contribution is 0.0689. The first-order valence-electron chi connectivity index (χ1n) is 6.44. The first-order chi connectivity index (χ1) is 8.74. The van der Waals surface area contributed by atoms with Gasteiger partial charge in [-0.05, 0) is 12.5 Å². The Hall–Kier alpha value is -1.65. The summed E-state index contributed by atoms with van der Waals surface area (Å²) in [5, 5.41) is 15.9. The summed E-state index contributed by atoms with van der Waals surface area (Å²) in [4.78, 5) is 10.6. The van der Waals surface area contributed by atoms with E-state index >= 15 is 0 Å². The number of ether oxygens (including phenoxy) is 1. The second-order valence-electron chi connectivity index (χ2n) is 4.18.